The van der Waals surface area contributed by atoms with E-state index < -0.39 is 5.97 Å². The molecular formula is C31H50O2. The first-order valence-corrected chi connectivity index (χ1v) is 13.9. The van der Waals surface area contributed by atoms with Crippen molar-refractivity contribution in [3.05, 3.63) is 24.3 Å². The lowest BCUT2D eigenvalue weighted by molar-refractivity contribution is -0.139. The molecule has 0 aromatic heterocycles. The largest absolute Gasteiger partial charge is 0.481 e. The fourth-order valence-electron chi connectivity index (χ4n) is 10.2. The van der Waals surface area contributed by atoms with Gasteiger partial charge in [0.2, 0.25) is 0 Å². The van der Waals surface area contributed by atoms with Crippen molar-refractivity contribution in [2.24, 2.45) is 51.2 Å². The van der Waals surface area contributed by atoms with Crippen LogP contribution in [-0.4, -0.2) is 11.1 Å². The van der Waals surface area contributed by atoms with Crippen LogP contribution in [0.3, 0.4) is 0 Å². The summed E-state index contributed by atoms with van der Waals surface area (Å²) < 4.78 is 0. The van der Waals surface area contributed by atoms with Gasteiger partial charge in [-0.15, -0.1) is 0 Å². The van der Waals surface area contributed by atoms with E-state index in [-0.39, 0.29) is 5.41 Å². The summed E-state index contributed by atoms with van der Waals surface area (Å²) in [5.41, 5.74) is 4.11. The lowest BCUT2D eigenvalue weighted by Crippen LogP contribution is -2.54. The Balaban J connectivity index is 1.58. The third kappa shape index (κ3) is 3.51. The van der Waals surface area contributed by atoms with Gasteiger partial charge in [-0.3, -0.25) is 4.79 Å². The van der Waals surface area contributed by atoms with Gasteiger partial charge < -0.3 is 5.11 Å². The highest BCUT2D eigenvalue weighted by molar-refractivity contribution is 5.67. The molecule has 0 unspecified atom stereocenters. The minimum Gasteiger partial charge on any atom is -0.481 e. The molecule has 0 saturated heterocycles. The Bertz CT molecular complexity index is 825. The molecule has 0 amide bonds. The first kappa shape index (κ1) is 25.1. The molecule has 4 rings (SSSR count). The second-order valence-corrected chi connectivity index (χ2v) is 13.7. The van der Waals surface area contributed by atoms with Crippen LogP contribution in [-0.2, 0) is 4.79 Å². The maximum atomic E-state index is 11.6. The molecular weight excluding hydrogens is 404 g/mol. The zero-order valence-electron chi connectivity index (χ0n) is 22.4. The molecule has 186 valence electrons. The standard InChI is InChI=1S/C31H50O2/c1-20(2)22(5)9-10-23(6)25-13-15-29(8)26-12-11-24(21(3)4)30(16-14-27(32)33)19-31(26,30)18-17-28(25,29)7/h20,23-26H,3,5,9-19H2,1-2,4,6-8H3,(H,32,33)/t23-,24+,25-,26-,28-,29+,30-,31-/m1/s1. The molecule has 0 radical (unpaired) electrons. The summed E-state index contributed by atoms with van der Waals surface area (Å²) in [5, 5.41) is 9.53. The van der Waals surface area contributed by atoms with E-state index in [0.29, 0.717) is 34.5 Å². The van der Waals surface area contributed by atoms with E-state index >= 15 is 0 Å². The quantitative estimate of drug-likeness (QED) is 0.354. The zero-order valence-corrected chi connectivity index (χ0v) is 22.4. The van der Waals surface area contributed by atoms with Gasteiger partial charge in [-0.05, 0) is 122 Å². The minimum atomic E-state index is -0.626. The van der Waals surface area contributed by atoms with E-state index in [1.165, 1.54) is 68.9 Å². The van der Waals surface area contributed by atoms with Gasteiger partial charge in [-0.1, -0.05) is 58.9 Å². The van der Waals surface area contributed by atoms with Crippen molar-refractivity contribution in [2.75, 3.05) is 0 Å². The molecule has 0 heterocycles. The van der Waals surface area contributed by atoms with Gasteiger partial charge in [-0.25, -0.2) is 0 Å². The molecule has 2 nitrogen and oxygen atoms in total. The highest BCUT2D eigenvalue weighted by Gasteiger charge is 2.80. The molecule has 4 saturated carbocycles. The molecule has 0 aromatic rings. The molecule has 4 fully saturated rings. The van der Waals surface area contributed by atoms with Crippen LogP contribution in [0.25, 0.3) is 0 Å². The van der Waals surface area contributed by atoms with Crippen molar-refractivity contribution in [3.8, 4) is 0 Å². The molecule has 1 N–H and O–H groups in total. The summed E-state index contributed by atoms with van der Waals surface area (Å²) in [7, 11) is 0. The SMILES string of the molecule is C=C(CC[C@@H](C)[C@H]1CC[C@@]2(C)[C@H]3CC[C@@H](C(=C)C)[C@@]4(CCC(=O)O)C[C@]34CC[C@]12C)C(C)C. The number of allylic oxidation sites excluding steroid dienone is 2. The number of hydrogen-bond acceptors (Lipinski definition) is 1. The van der Waals surface area contributed by atoms with Crippen molar-refractivity contribution >= 4 is 5.97 Å². The highest BCUT2D eigenvalue weighted by Crippen LogP contribution is 2.87. The van der Waals surface area contributed by atoms with Gasteiger partial charge in [0.1, 0.15) is 0 Å². The number of fused-ring (bicyclic) bond motifs is 2. The number of rotatable bonds is 9. The van der Waals surface area contributed by atoms with Crippen LogP contribution in [0.5, 0.6) is 0 Å². The van der Waals surface area contributed by atoms with E-state index in [4.69, 9.17) is 0 Å². The minimum absolute atomic E-state index is 0.211. The van der Waals surface area contributed by atoms with Crippen molar-refractivity contribution in [1.29, 1.82) is 0 Å². The van der Waals surface area contributed by atoms with Gasteiger partial charge >= 0.3 is 5.97 Å². The van der Waals surface area contributed by atoms with Crippen molar-refractivity contribution < 1.29 is 9.90 Å². The first-order valence-electron chi connectivity index (χ1n) is 13.9. The Morgan fingerprint density at radius 3 is 2.30 bits per heavy atom. The Kier molecular flexibility index (Phi) is 6.28. The van der Waals surface area contributed by atoms with Crippen LogP contribution in [0, 0.1) is 51.2 Å². The molecule has 33 heavy (non-hydrogen) atoms. The lowest BCUT2D eigenvalue weighted by Gasteiger charge is -2.61. The van der Waals surface area contributed by atoms with Crippen molar-refractivity contribution in [1.82, 2.24) is 0 Å². The van der Waals surface area contributed by atoms with Crippen LogP contribution < -0.4 is 0 Å². The predicted octanol–water partition coefficient (Wildman–Crippen LogP) is 8.67. The predicted molar refractivity (Wildman–Crippen MR) is 138 cm³/mol. The summed E-state index contributed by atoms with van der Waals surface area (Å²) in [6.07, 6.45) is 12.8. The van der Waals surface area contributed by atoms with E-state index in [1.54, 1.807) is 0 Å². The number of carboxylic acid groups (broad SMARTS) is 1. The normalized spacial score (nSPS) is 44.5. The van der Waals surface area contributed by atoms with Gasteiger partial charge in [0.05, 0.1) is 0 Å². The average Bonchev–Trinajstić information content (AvgIpc) is 3.33. The van der Waals surface area contributed by atoms with Crippen molar-refractivity contribution in [2.45, 2.75) is 112 Å². The van der Waals surface area contributed by atoms with E-state index in [0.717, 1.165) is 24.2 Å². The Labute approximate surface area is 203 Å². The zero-order chi connectivity index (χ0) is 24.4. The maximum absolute atomic E-state index is 11.6. The van der Waals surface area contributed by atoms with E-state index in [9.17, 15) is 9.90 Å². The van der Waals surface area contributed by atoms with E-state index in [2.05, 4.69) is 54.7 Å². The maximum Gasteiger partial charge on any atom is 0.303 e. The average molecular weight is 455 g/mol. The number of hydrogen-bond donors (Lipinski definition) is 1. The Morgan fingerprint density at radius 2 is 1.70 bits per heavy atom. The fourth-order valence-corrected chi connectivity index (χ4v) is 10.2. The molecule has 0 bridgehead atoms. The van der Waals surface area contributed by atoms with Crippen LogP contribution in [0.15, 0.2) is 24.3 Å². The smallest absolute Gasteiger partial charge is 0.303 e. The second kappa shape index (κ2) is 8.27. The number of carbonyl (C=O) groups is 1. The molecule has 0 aromatic carbocycles. The monoisotopic (exact) mass is 454 g/mol. The van der Waals surface area contributed by atoms with E-state index in [1.807, 2.05) is 0 Å². The lowest BCUT2D eigenvalue weighted by atomic mass is 9.43. The summed E-state index contributed by atoms with van der Waals surface area (Å²) in [6, 6.07) is 0. The Morgan fingerprint density at radius 1 is 1.00 bits per heavy atom. The third-order valence-electron chi connectivity index (χ3n) is 12.3. The van der Waals surface area contributed by atoms with Crippen LogP contribution in [0.1, 0.15) is 112 Å². The van der Waals surface area contributed by atoms with Gasteiger partial charge in [0.15, 0.2) is 0 Å². The Hall–Kier alpha value is -1.05. The highest BCUT2D eigenvalue weighted by atomic mass is 16.4. The molecule has 8 atom stereocenters. The van der Waals surface area contributed by atoms with Gasteiger partial charge in [0.25, 0.3) is 0 Å². The first-order chi connectivity index (χ1) is 15.3. The fraction of sp³-hybridized carbons (Fsp3) is 0.839. The topological polar surface area (TPSA) is 37.3 Å². The molecule has 1 spiro atoms. The molecule has 2 heteroatoms. The number of carboxylic acids is 1. The second-order valence-electron chi connectivity index (χ2n) is 13.7. The summed E-state index contributed by atoms with van der Waals surface area (Å²) in [4.78, 5) is 11.6. The molecule has 4 aliphatic carbocycles. The van der Waals surface area contributed by atoms with Crippen LogP contribution >= 0.6 is 0 Å². The third-order valence-corrected chi connectivity index (χ3v) is 12.3. The van der Waals surface area contributed by atoms with Gasteiger partial charge in [-0.2, -0.15) is 0 Å². The van der Waals surface area contributed by atoms with Crippen LogP contribution in [0.4, 0.5) is 0 Å². The van der Waals surface area contributed by atoms with Gasteiger partial charge in [0, 0.05) is 6.42 Å². The summed E-state index contributed by atoms with van der Waals surface area (Å²) in [5.74, 6) is 2.82. The summed E-state index contributed by atoms with van der Waals surface area (Å²) in [6.45, 7) is 23.3. The molecule has 4 aliphatic rings. The summed E-state index contributed by atoms with van der Waals surface area (Å²) >= 11 is 0. The van der Waals surface area contributed by atoms with Crippen LogP contribution in [0.2, 0.25) is 0 Å². The molecule has 0 aliphatic heterocycles. The van der Waals surface area contributed by atoms with Crippen molar-refractivity contribution in [3.63, 3.8) is 0 Å². The number of aliphatic carboxylic acids is 1.